The number of amides is 2. The lowest BCUT2D eigenvalue weighted by molar-refractivity contribution is -0.384. The summed E-state index contributed by atoms with van der Waals surface area (Å²) in [6.07, 6.45) is 1.46. The molecule has 0 aromatic heterocycles. The number of sulfonamides is 1. The van der Waals surface area contributed by atoms with Crippen molar-refractivity contribution in [3.63, 3.8) is 0 Å². The van der Waals surface area contributed by atoms with Crippen molar-refractivity contribution in [2.24, 2.45) is 0 Å². The van der Waals surface area contributed by atoms with E-state index in [1.54, 1.807) is 27.7 Å². The highest BCUT2D eigenvalue weighted by Crippen LogP contribution is 2.16. The van der Waals surface area contributed by atoms with Crippen LogP contribution in [0.2, 0.25) is 0 Å². The maximum Gasteiger partial charge on any atom is 0.429 e. The van der Waals surface area contributed by atoms with Crippen LogP contribution in [0.5, 0.6) is 0 Å². The second-order valence-electron chi connectivity index (χ2n) is 10.5. The van der Waals surface area contributed by atoms with E-state index >= 15 is 0 Å². The number of hydrogen-bond acceptors (Lipinski definition) is 9. The molecule has 2 rings (SSSR count). The molecule has 0 aliphatic rings. The zero-order chi connectivity index (χ0) is 31.8. The van der Waals surface area contributed by atoms with Gasteiger partial charge in [0.05, 0.1) is 22.0 Å². The van der Waals surface area contributed by atoms with Gasteiger partial charge >= 0.3 is 12.2 Å². The summed E-state index contributed by atoms with van der Waals surface area (Å²) in [6.45, 7) is 8.14. The number of nitrogens with one attached hydrogen (secondary N) is 3. The summed E-state index contributed by atoms with van der Waals surface area (Å²) in [6, 6.07) is 13.8. The van der Waals surface area contributed by atoms with E-state index in [4.69, 9.17) is 9.47 Å². The number of unbranched alkanes of at least 4 members (excludes halogenated alkanes) is 3. The quantitative estimate of drug-likeness (QED) is 0.130. The Hall–Kier alpha value is -3.75. The van der Waals surface area contributed by atoms with Gasteiger partial charge in [-0.05, 0) is 71.2 Å². The molecule has 0 saturated heterocycles. The van der Waals surface area contributed by atoms with E-state index in [-0.39, 0.29) is 29.3 Å². The van der Waals surface area contributed by atoms with Crippen molar-refractivity contribution in [3.8, 4) is 0 Å². The molecular formula is C29H43N5O8S. The molecule has 0 aliphatic carbocycles. The second-order valence-corrected chi connectivity index (χ2v) is 12.2. The fourth-order valence-electron chi connectivity index (χ4n) is 4.05. The lowest BCUT2D eigenvalue weighted by Crippen LogP contribution is -2.48. The van der Waals surface area contributed by atoms with E-state index in [0.29, 0.717) is 25.9 Å². The molecule has 14 heteroatoms. The molecule has 2 aromatic rings. The highest BCUT2D eigenvalue weighted by atomic mass is 32.2. The molecule has 43 heavy (non-hydrogen) atoms. The zero-order valence-corrected chi connectivity index (χ0v) is 26.0. The number of non-ortho nitro benzene ring substituents is 1. The Morgan fingerprint density at radius 2 is 1.53 bits per heavy atom. The van der Waals surface area contributed by atoms with Crippen molar-refractivity contribution in [1.29, 1.82) is 0 Å². The van der Waals surface area contributed by atoms with Crippen LogP contribution in [0.4, 0.5) is 15.3 Å². The van der Waals surface area contributed by atoms with Crippen molar-refractivity contribution in [3.05, 3.63) is 70.3 Å². The molecule has 2 aromatic carbocycles. The fourth-order valence-corrected chi connectivity index (χ4v) is 5.28. The number of carbonyl (C=O) groups excluding carboxylic acids is 2. The number of rotatable bonds is 17. The van der Waals surface area contributed by atoms with Gasteiger partial charge in [0.1, 0.15) is 0 Å². The molecule has 3 N–H and O–H groups in total. The molecule has 0 fully saturated rings. The first-order valence-corrected chi connectivity index (χ1v) is 15.8. The molecule has 2 amide bonds. The number of nitrogens with zero attached hydrogens (tertiary/aromatic N) is 2. The van der Waals surface area contributed by atoms with Crippen LogP contribution >= 0.6 is 0 Å². The largest absolute Gasteiger partial charge is 0.446 e. The molecular weight excluding hydrogens is 578 g/mol. The van der Waals surface area contributed by atoms with E-state index in [0.717, 1.165) is 29.8 Å². The molecule has 238 valence electrons. The Morgan fingerprint density at radius 1 is 0.907 bits per heavy atom. The zero-order valence-electron chi connectivity index (χ0n) is 25.2. The van der Waals surface area contributed by atoms with Crippen LogP contribution in [0.15, 0.2) is 59.5 Å². The monoisotopic (exact) mass is 621 g/mol. The topological polar surface area (TPSA) is 169 Å². The first kappa shape index (κ1) is 35.4. The Kier molecular flexibility index (Phi) is 14.9. The minimum Gasteiger partial charge on any atom is -0.446 e. The first-order valence-electron chi connectivity index (χ1n) is 14.3. The lowest BCUT2D eigenvalue weighted by Gasteiger charge is -2.24. The highest BCUT2D eigenvalue weighted by Gasteiger charge is 2.22. The summed E-state index contributed by atoms with van der Waals surface area (Å²) >= 11 is 0. The number of hydrogen-bond donors (Lipinski definition) is 3. The molecule has 1 atom stereocenters. The maximum absolute atomic E-state index is 13.0. The number of ether oxygens (including phenoxy) is 2. The maximum atomic E-state index is 13.0. The number of benzene rings is 2. The van der Waals surface area contributed by atoms with Crippen LogP contribution in [-0.2, 0) is 25.9 Å². The number of hydrazine groups is 1. The van der Waals surface area contributed by atoms with Crippen LogP contribution in [0, 0.1) is 10.1 Å². The van der Waals surface area contributed by atoms with Crippen molar-refractivity contribution >= 4 is 27.9 Å². The fraction of sp³-hybridized carbons (Fsp3) is 0.517. The Labute approximate surface area is 253 Å². The molecule has 0 unspecified atom stereocenters. The van der Waals surface area contributed by atoms with E-state index in [1.165, 1.54) is 24.3 Å². The van der Waals surface area contributed by atoms with Crippen LogP contribution in [0.1, 0.15) is 58.9 Å². The highest BCUT2D eigenvalue weighted by molar-refractivity contribution is 7.89. The van der Waals surface area contributed by atoms with Crippen LogP contribution in [-0.4, -0.2) is 68.4 Å². The standard InChI is InChI=1S/C29H43N5O8S/c1-22(2)41-28(35)31-33(29(36)42-23(3)4)19-11-6-5-10-18-30-21-25(20-24-12-8-7-9-13-24)32-43(39,40)27-16-14-26(15-17-27)34(37)38/h7-9,12-17,22-23,25,30,32H,5-6,10-11,18-21H2,1-4H3,(H,31,35)/t25-/m0/s1. The lowest BCUT2D eigenvalue weighted by atomic mass is 10.1. The van der Waals surface area contributed by atoms with Crippen molar-refractivity contribution in [2.45, 2.75) is 82.9 Å². The second kappa shape index (κ2) is 18.0. The van der Waals surface area contributed by atoms with Crippen molar-refractivity contribution in [2.75, 3.05) is 19.6 Å². The van der Waals surface area contributed by atoms with Crippen LogP contribution in [0.3, 0.4) is 0 Å². The van der Waals surface area contributed by atoms with Crippen LogP contribution < -0.4 is 15.5 Å². The van der Waals surface area contributed by atoms with Crippen LogP contribution in [0.25, 0.3) is 0 Å². The molecule has 0 spiro atoms. The third-order valence-electron chi connectivity index (χ3n) is 6.01. The molecule has 0 bridgehead atoms. The van der Waals surface area contributed by atoms with Crippen molar-refractivity contribution in [1.82, 2.24) is 20.5 Å². The number of nitro benzene ring substituents is 1. The van der Waals surface area contributed by atoms with Gasteiger partial charge in [0.25, 0.3) is 5.69 Å². The summed E-state index contributed by atoms with van der Waals surface area (Å²) in [5.74, 6) is 0. The normalized spacial score (nSPS) is 12.1. The summed E-state index contributed by atoms with van der Waals surface area (Å²) in [5, 5.41) is 15.4. The summed E-state index contributed by atoms with van der Waals surface area (Å²) in [4.78, 5) is 34.6. The van der Waals surface area contributed by atoms with Gasteiger partial charge < -0.3 is 14.8 Å². The van der Waals surface area contributed by atoms with Gasteiger partial charge in [0, 0.05) is 31.3 Å². The minimum atomic E-state index is -3.91. The van der Waals surface area contributed by atoms with Gasteiger partial charge in [0.2, 0.25) is 10.0 Å². The first-order chi connectivity index (χ1) is 20.4. The summed E-state index contributed by atoms with van der Waals surface area (Å²) in [5.41, 5.74) is 3.21. The molecule has 0 saturated carbocycles. The predicted molar refractivity (Wildman–Crippen MR) is 162 cm³/mol. The van der Waals surface area contributed by atoms with E-state index in [1.807, 2.05) is 30.3 Å². The van der Waals surface area contributed by atoms with E-state index in [9.17, 15) is 28.1 Å². The third-order valence-corrected chi connectivity index (χ3v) is 7.54. The summed E-state index contributed by atoms with van der Waals surface area (Å²) in [7, 11) is -3.91. The Bertz CT molecular complexity index is 1260. The average molecular weight is 622 g/mol. The summed E-state index contributed by atoms with van der Waals surface area (Å²) < 4.78 is 39.0. The molecule has 0 aliphatic heterocycles. The van der Waals surface area contributed by atoms with Gasteiger partial charge in [-0.1, -0.05) is 43.2 Å². The van der Waals surface area contributed by atoms with Gasteiger partial charge in [0.15, 0.2) is 0 Å². The predicted octanol–water partition coefficient (Wildman–Crippen LogP) is 4.53. The Morgan fingerprint density at radius 3 is 2.14 bits per heavy atom. The van der Waals surface area contributed by atoms with Gasteiger partial charge in [-0.15, -0.1) is 0 Å². The minimum absolute atomic E-state index is 0.0468. The average Bonchev–Trinajstić information content (AvgIpc) is 2.93. The SMILES string of the molecule is CC(C)OC(=O)NN(CCCCCCNC[C@H](Cc1ccccc1)NS(=O)(=O)c1ccc([N+](=O)[O-])cc1)C(=O)OC(C)C. The van der Waals surface area contributed by atoms with Gasteiger partial charge in [-0.2, -0.15) is 0 Å². The Balaban J connectivity index is 1.85. The van der Waals surface area contributed by atoms with Crippen molar-refractivity contribution < 1.29 is 32.4 Å². The molecule has 13 nitrogen and oxygen atoms in total. The van der Waals surface area contributed by atoms with E-state index in [2.05, 4.69) is 15.5 Å². The smallest absolute Gasteiger partial charge is 0.429 e. The van der Waals surface area contributed by atoms with E-state index < -0.39 is 33.2 Å². The van der Waals surface area contributed by atoms with Gasteiger partial charge in [-0.3, -0.25) is 10.1 Å². The molecule has 0 radical (unpaired) electrons. The van der Waals surface area contributed by atoms with Gasteiger partial charge in [-0.25, -0.2) is 33.2 Å². The third kappa shape index (κ3) is 13.8. The molecule has 0 heterocycles. The number of carbonyl (C=O) groups is 2. The number of nitro groups is 1.